The van der Waals surface area contributed by atoms with Crippen LogP contribution in [0.3, 0.4) is 0 Å². The van der Waals surface area contributed by atoms with E-state index in [2.05, 4.69) is 10.6 Å². The maximum absolute atomic E-state index is 12.4. The molecule has 0 spiro atoms. The molecule has 0 atom stereocenters. The quantitative estimate of drug-likeness (QED) is 0.798. The summed E-state index contributed by atoms with van der Waals surface area (Å²) in [6.07, 6.45) is 1.17. The molecule has 0 radical (unpaired) electrons. The van der Waals surface area contributed by atoms with Crippen molar-refractivity contribution in [1.29, 1.82) is 0 Å². The molecule has 0 saturated heterocycles. The van der Waals surface area contributed by atoms with E-state index in [1.807, 2.05) is 39.8 Å². The van der Waals surface area contributed by atoms with Crippen molar-refractivity contribution in [2.24, 2.45) is 11.1 Å². The van der Waals surface area contributed by atoms with Gasteiger partial charge in [-0.1, -0.05) is 0 Å². The number of anilines is 2. The largest absolute Gasteiger partial charge is 0.326 e. The number of rotatable bonds is 3. The summed E-state index contributed by atoms with van der Waals surface area (Å²) >= 11 is 0. The van der Waals surface area contributed by atoms with Crippen LogP contribution in [0, 0.1) is 5.41 Å². The van der Waals surface area contributed by atoms with Crippen LogP contribution in [0.25, 0.3) is 0 Å². The van der Waals surface area contributed by atoms with Gasteiger partial charge in [0, 0.05) is 23.3 Å². The maximum atomic E-state index is 12.4. The van der Waals surface area contributed by atoms with Crippen molar-refractivity contribution in [2.45, 2.75) is 46.1 Å². The van der Waals surface area contributed by atoms with E-state index < -0.39 is 11.0 Å². The van der Waals surface area contributed by atoms with Crippen LogP contribution in [0.2, 0.25) is 0 Å². The lowest BCUT2D eigenvalue weighted by Crippen LogP contribution is -2.53. The fourth-order valence-corrected chi connectivity index (χ4v) is 2.04. The highest BCUT2D eigenvalue weighted by atomic mass is 16.2. The number of nitrogens with one attached hydrogen (secondary N) is 2. The average Bonchev–Trinajstić information content (AvgIpc) is 2.37. The van der Waals surface area contributed by atoms with Crippen molar-refractivity contribution >= 4 is 23.2 Å². The molecule has 114 valence electrons. The summed E-state index contributed by atoms with van der Waals surface area (Å²) < 4.78 is 0. The molecule has 1 aliphatic heterocycles. The van der Waals surface area contributed by atoms with E-state index in [0.717, 1.165) is 16.9 Å². The highest BCUT2D eigenvalue weighted by molar-refractivity contribution is 5.97. The Morgan fingerprint density at radius 1 is 1.24 bits per heavy atom. The lowest BCUT2D eigenvalue weighted by atomic mass is 9.74. The fraction of sp³-hybridized carbons (Fsp3) is 0.500. The number of amides is 2. The van der Waals surface area contributed by atoms with E-state index in [0.29, 0.717) is 12.8 Å². The molecule has 0 bridgehead atoms. The number of fused-ring (bicyclic) bond motifs is 1. The Morgan fingerprint density at radius 3 is 2.52 bits per heavy atom. The Hall–Kier alpha value is -1.88. The Kier molecular flexibility index (Phi) is 3.80. The third-order valence-corrected chi connectivity index (χ3v) is 4.44. The van der Waals surface area contributed by atoms with Crippen LogP contribution in [-0.4, -0.2) is 17.4 Å². The minimum absolute atomic E-state index is 0.0327. The van der Waals surface area contributed by atoms with Crippen molar-refractivity contribution in [3.63, 3.8) is 0 Å². The molecule has 0 saturated carbocycles. The fourth-order valence-electron chi connectivity index (χ4n) is 2.04. The van der Waals surface area contributed by atoms with Gasteiger partial charge in [0.05, 0.1) is 5.41 Å². The lowest BCUT2D eigenvalue weighted by molar-refractivity contribution is -0.126. The zero-order valence-corrected chi connectivity index (χ0v) is 13.0. The molecule has 5 heteroatoms. The third-order valence-electron chi connectivity index (χ3n) is 4.44. The second-order valence-electron chi connectivity index (χ2n) is 6.72. The van der Waals surface area contributed by atoms with Crippen LogP contribution < -0.4 is 16.4 Å². The summed E-state index contributed by atoms with van der Waals surface area (Å²) in [6.45, 7) is 7.35. The van der Waals surface area contributed by atoms with Crippen LogP contribution in [0.1, 0.15) is 39.7 Å². The maximum Gasteiger partial charge on any atom is 0.231 e. The molecule has 0 aliphatic carbocycles. The van der Waals surface area contributed by atoms with E-state index in [4.69, 9.17) is 5.73 Å². The number of benzene rings is 1. The van der Waals surface area contributed by atoms with E-state index >= 15 is 0 Å². The minimum Gasteiger partial charge on any atom is -0.326 e. The number of hydrogen-bond acceptors (Lipinski definition) is 3. The Balaban J connectivity index is 2.18. The summed E-state index contributed by atoms with van der Waals surface area (Å²) in [5, 5.41) is 5.74. The van der Waals surface area contributed by atoms with Gasteiger partial charge in [-0.05, 0) is 57.9 Å². The number of nitrogens with two attached hydrogens (primary N) is 1. The number of carbonyl (C=O) groups excluding carboxylic acids is 2. The van der Waals surface area contributed by atoms with Gasteiger partial charge in [-0.3, -0.25) is 9.59 Å². The van der Waals surface area contributed by atoms with Crippen LogP contribution in [0.15, 0.2) is 18.2 Å². The van der Waals surface area contributed by atoms with Gasteiger partial charge in [-0.15, -0.1) is 0 Å². The van der Waals surface area contributed by atoms with E-state index in [1.165, 1.54) is 0 Å². The molecular weight excluding hydrogens is 266 g/mol. The second kappa shape index (κ2) is 5.15. The SMILES string of the molecule is CC(C)(N)C(C)(C)C(=O)Nc1ccc2c(c1)CCC(=O)N2. The summed E-state index contributed by atoms with van der Waals surface area (Å²) in [5.41, 5.74) is 7.35. The molecule has 0 aromatic heterocycles. The van der Waals surface area contributed by atoms with Gasteiger partial charge >= 0.3 is 0 Å². The number of hydrogen-bond donors (Lipinski definition) is 3. The molecule has 0 fully saturated rings. The molecule has 1 heterocycles. The third kappa shape index (κ3) is 3.08. The molecule has 21 heavy (non-hydrogen) atoms. The lowest BCUT2D eigenvalue weighted by Gasteiger charge is -2.37. The topological polar surface area (TPSA) is 84.2 Å². The zero-order chi connectivity index (χ0) is 15.8. The molecule has 1 aromatic rings. The first-order valence-corrected chi connectivity index (χ1v) is 7.14. The summed E-state index contributed by atoms with van der Waals surface area (Å²) in [5.74, 6) is -0.0832. The van der Waals surface area contributed by atoms with Crippen molar-refractivity contribution in [1.82, 2.24) is 0 Å². The van der Waals surface area contributed by atoms with Gasteiger partial charge in [-0.25, -0.2) is 0 Å². The predicted molar refractivity (Wildman–Crippen MR) is 84.1 cm³/mol. The molecule has 2 amide bonds. The van der Waals surface area contributed by atoms with Gasteiger partial charge in [0.15, 0.2) is 0 Å². The highest BCUT2D eigenvalue weighted by Crippen LogP contribution is 2.31. The van der Waals surface area contributed by atoms with E-state index in [9.17, 15) is 9.59 Å². The van der Waals surface area contributed by atoms with Gasteiger partial charge < -0.3 is 16.4 Å². The van der Waals surface area contributed by atoms with Crippen molar-refractivity contribution in [3.05, 3.63) is 23.8 Å². The van der Waals surface area contributed by atoms with Gasteiger partial charge in [-0.2, -0.15) is 0 Å². The minimum atomic E-state index is -0.697. The van der Waals surface area contributed by atoms with Crippen molar-refractivity contribution in [2.75, 3.05) is 10.6 Å². The van der Waals surface area contributed by atoms with Gasteiger partial charge in [0.2, 0.25) is 11.8 Å². The predicted octanol–water partition coefficient (Wildman–Crippen LogP) is 2.27. The Bertz CT molecular complexity index is 586. The first kappa shape index (κ1) is 15.5. The van der Waals surface area contributed by atoms with Crippen molar-refractivity contribution in [3.8, 4) is 0 Å². The molecular formula is C16H23N3O2. The van der Waals surface area contributed by atoms with Crippen LogP contribution in [0.4, 0.5) is 11.4 Å². The summed E-state index contributed by atoms with van der Waals surface area (Å²) in [7, 11) is 0. The second-order valence-corrected chi connectivity index (χ2v) is 6.72. The molecule has 1 aliphatic rings. The smallest absolute Gasteiger partial charge is 0.231 e. The molecule has 4 N–H and O–H groups in total. The van der Waals surface area contributed by atoms with Gasteiger partial charge in [0.1, 0.15) is 0 Å². The molecule has 5 nitrogen and oxygen atoms in total. The van der Waals surface area contributed by atoms with Crippen LogP contribution >= 0.6 is 0 Å². The van der Waals surface area contributed by atoms with Crippen LogP contribution in [-0.2, 0) is 16.0 Å². The van der Waals surface area contributed by atoms with Crippen LogP contribution in [0.5, 0.6) is 0 Å². The number of aryl methyl sites for hydroxylation is 1. The summed E-state index contributed by atoms with van der Waals surface area (Å²) in [4.78, 5) is 23.8. The first-order chi connectivity index (χ1) is 9.61. The van der Waals surface area contributed by atoms with Crippen molar-refractivity contribution < 1.29 is 9.59 Å². The Labute approximate surface area is 125 Å². The highest BCUT2D eigenvalue weighted by Gasteiger charge is 2.40. The number of carbonyl (C=O) groups is 2. The molecule has 2 rings (SSSR count). The summed E-state index contributed by atoms with van der Waals surface area (Å²) in [6, 6.07) is 5.52. The Morgan fingerprint density at radius 2 is 1.90 bits per heavy atom. The monoisotopic (exact) mass is 289 g/mol. The zero-order valence-electron chi connectivity index (χ0n) is 13.0. The van der Waals surface area contributed by atoms with Gasteiger partial charge in [0.25, 0.3) is 0 Å². The average molecular weight is 289 g/mol. The van der Waals surface area contributed by atoms with E-state index in [1.54, 1.807) is 6.07 Å². The first-order valence-electron chi connectivity index (χ1n) is 7.14. The molecule has 0 unspecified atom stereocenters. The van der Waals surface area contributed by atoms with E-state index in [-0.39, 0.29) is 11.8 Å². The standard InChI is InChI=1S/C16H23N3O2/c1-15(2,16(3,4)17)14(21)18-11-6-7-12-10(9-11)5-8-13(20)19-12/h6-7,9H,5,8,17H2,1-4H3,(H,18,21)(H,19,20). The molecule has 1 aromatic carbocycles. The normalized spacial score (nSPS) is 15.2.